The molecule has 1 aromatic carbocycles. The number of methoxy groups -OCH3 is 1. The third-order valence-electron chi connectivity index (χ3n) is 2.85. The minimum absolute atomic E-state index is 0.228. The van der Waals surface area contributed by atoms with Crippen LogP contribution < -0.4 is 10.5 Å². The fraction of sp³-hybridized carbons (Fsp3) is 0.286. The molecule has 0 saturated carbocycles. The van der Waals surface area contributed by atoms with Crippen molar-refractivity contribution in [2.45, 2.75) is 19.9 Å². The van der Waals surface area contributed by atoms with Crippen molar-refractivity contribution < 1.29 is 9.15 Å². The molecule has 0 amide bonds. The van der Waals surface area contributed by atoms with Gasteiger partial charge in [-0.25, -0.2) is 0 Å². The van der Waals surface area contributed by atoms with Crippen LogP contribution in [0.5, 0.6) is 5.75 Å². The number of ether oxygens (including phenoxy) is 1. The van der Waals surface area contributed by atoms with Crippen molar-refractivity contribution in [3.63, 3.8) is 0 Å². The summed E-state index contributed by atoms with van der Waals surface area (Å²) in [7, 11) is 1.66. The number of hydrogen-bond donors (Lipinski definition) is 1. The van der Waals surface area contributed by atoms with Gasteiger partial charge in [0.05, 0.1) is 13.2 Å². The van der Waals surface area contributed by atoms with Crippen LogP contribution in [0.15, 0.2) is 34.7 Å². The smallest absolute Gasteiger partial charge is 0.125 e. The SMILES string of the molecule is COc1ccc(C(N)c2ccc(C)o2)cc1C. The first-order valence-corrected chi connectivity index (χ1v) is 5.58. The highest BCUT2D eigenvalue weighted by molar-refractivity contribution is 5.39. The van der Waals surface area contributed by atoms with E-state index in [2.05, 4.69) is 0 Å². The van der Waals surface area contributed by atoms with Gasteiger partial charge in [-0.1, -0.05) is 12.1 Å². The molecule has 2 aromatic rings. The molecule has 0 bridgehead atoms. The number of furan rings is 1. The van der Waals surface area contributed by atoms with Crippen LogP contribution in [0.3, 0.4) is 0 Å². The molecule has 17 heavy (non-hydrogen) atoms. The van der Waals surface area contributed by atoms with Crippen LogP contribution in [0.2, 0.25) is 0 Å². The van der Waals surface area contributed by atoms with Crippen molar-refractivity contribution >= 4 is 0 Å². The first-order valence-electron chi connectivity index (χ1n) is 5.58. The number of nitrogens with two attached hydrogens (primary N) is 1. The Morgan fingerprint density at radius 3 is 2.47 bits per heavy atom. The van der Waals surface area contributed by atoms with Crippen LogP contribution in [0.25, 0.3) is 0 Å². The predicted molar refractivity (Wildman–Crippen MR) is 67.2 cm³/mol. The fourth-order valence-corrected chi connectivity index (χ4v) is 1.88. The molecule has 1 aromatic heterocycles. The average molecular weight is 231 g/mol. The number of hydrogen-bond acceptors (Lipinski definition) is 3. The molecule has 0 spiro atoms. The highest BCUT2D eigenvalue weighted by Crippen LogP contribution is 2.26. The second-order valence-electron chi connectivity index (χ2n) is 4.16. The molecule has 90 valence electrons. The van der Waals surface area contributed by atoms with E-state index in [4.69, 9.17) is 14.9 Å². The minimum Gasteiger partial charge on any atom is -0.496 e. The van der Waals surface area contributed by atoms with Gasteiger partial charge < -0.3 is 14.9 Å². The Labute approximate surface area is 101 Å². The molecular weight excluding hydrogens is 214 g/mol. The Kier molecular flexibility index (Phi) is 3.20. The molecule has 0 aliphatic carbocycles. The lowest BCUT2D eigenvalue weighted by Crippen LogP contribution is -2.11. The lowest BCUT2D eigenvalue weighted by Gasteiger charge is -2.12. The molecule has 1 atom stereocenters. The maximum Gasteiger partial charge on any atom is 0.125 e. The zero-order chi connectivity index (χ0) is 12.4. The topological polar surface area (TPSA) is 48.4 Å². The van der Waals surface area contributed by atoms with Gasteiger partial charge in [-0.2, -0.15) is 0 Å². The third kappa shape index (κ3) is 2.34. The monoisotopic (exact) mass is 231 g/mol. The van der Waals surface area contributed by atoms with Crippen molar-refractivity contribution in [2.24, 2.45) is 5.73 Å². The Balaban J connectivity index is 2.31. The highest BCUT2D eigenvalue weighted by Gasteiger charge is 2.13. The molecule has 1 unspecified atom stereocenters. The summed E-state index contributed by atoms with van der Waals surface area (Å²) in [5.41, 5.74) is 8.25. The molecule has 1 heterocycles. The lowest BCUT2D eigenvalue weighted by atomic mass is 10.0. The van der Waals surface area contributed by atoms with Gasteiger partial charge in [0, 0.05) is 0 Å². The molecule has 3 heteroatoms. The predicted octanol–water partition coefficient (Wildman–Crippen LogP) is 2.95. The van der Waals surface area contributed by atoms with Gasteiger partial charge >= 0.3 is 0 Å². The van der Waals surface area contributed by atoms with Gasteiger partial charge in [0.25, 0.3) is 0 Å². The average Bonchev–Trinajstić information content (AvgIpc) is 2.75. The normalized spacial score (nSPS) is 12.5. The molecular formula is C14H17NO2. The third-order valence-corrected chi connectivity index (χ3v) is 2.85. The van der Waals surface area contributed by atoms with Crippen molar-refractivity contribution in [2.75, 3.05) is 7.11 Å². The lowest BCUT2D eigenvalue weighted by molar-refractivity contribution is 0.411. The Morgan fingerprint density at radius 2 is 1.94 bits per heavy atom. The quantitative estimate of drug-likeness (QED) is 0.883. The second kappa shape index (κ2) is 4.63. The van der Waals surface area contributed by atoms with Crippen LogP contribution in [-0.2, 0) is 0 Å². The highest BCUT2D eigenvalue weighted by atomic mass is 16.5. The van der Waals surface area contributed by atoms with Gasteiger partial charge in [-0.05, 0) is 43.2 Å². The van der Waals surface area contributed by atoms with E-state index in [1.54, 1.807) is 7.11 Å². The first kappa shape index (κ1) is 11.7. The van der Waals surface area contributed by atoms with E-state index in [1.807, 2.05) is 44.2 Å². The summed E-state index contributed by atoms with van der Waals surface area (Å²) in [4.78, 5) is 0. The molecule has 0 fully saturated rings. The minimum atomic E-state index is -0.228. The summed E-state index contributed by atoms with van der Waals surface area (Å²) in [6.45, 7) is 3.91. The molecule has 0 aliphatic heterocycles. The van der Waals surface area contributed by atoms with Gasteiger partial charge in [-0.15, -0.1) is 0 Å². The Morgan fingerprint density at radius 1 is 1.18 bits per heavy atom. The maximum atomic E-state index is 6.16. The van der Waals surface area contributed by atoms with Crippen molar-refractivity contribution in [3.8, 4) is 5.75 Å². The zero-order valence-corrected chi connectivity index (χ0v) is 10.4. The molecule has 0 saturated heterocycles. The summed E-state index contributed by atoms with van der Waals surface area (Å²) >= 11 is 0. The van der Waals surface area contributed by atoms with E-state index in [0.29, 0.717) is 0 Å². The summed E-state index contributed by atoms with van der Waals surface area (Å²) in [6, 6.07) is 9.54. The first-order chi connectivity index (χ1) is 8.11. The summed E-state index contributed by atoms with van der Waals surface area (Å²) < 4.78 is 10.8. The number of rotatable bonds is 3. The molecule has 0 aliphatic rings. The fourth-order valence-electron chi connectivity index (χ4n) is 1.88. The van der Waals surface area contributed by atoms with Gasteiger partial charge in [0.2, 0.25) is 0 Å². The van der Waals surface area contributed by atoms with E-state index < -0.39 is 0 Å². The largest absolute Gasteiger partial charge is 0.496 e. The van der Waals surface area contributed by atoms with Crippen LogP contribution in [0.1, 0.15) is 28.7 Å². The Bertz CT molecular complexity index is 517. The van der Waals surface area contributed by atoms with Crippen LogP contribution >= 0.6 is 0 Å². The number of benzene rings is 1. The second-order valence-corrected chi connectivity index (χ2v) is 4.16. The van der Waals surface area contributed by atoms with E-state index in [0.717, 1.165) is 28.4 Å². The number of aryl methyl sites for hydroxylation is 2. The summed E-state index contributed by atoms with van der Waals surface area (Å²) in [6.07, 6.45) is 0. The molecule has 3 nitrogen and oxygen atoms in total. The Hall–Kier alpha value is -1.74. The molecule has 2 rings (SSSR count). The summed E-state index contributed by atoms with van der Waals surface area (Å²) in [5, 5.41) is 0. The molecule has 2 N–H and O–H groups in total. The van der Waals surface area contributed by atoms with Gasteiger partial charge in [0.15, 0.2) is 0 Å². The van der Waals surface area contributed by atoms with Crippen molar-refractivity contribution in [1.82, 2.24) is 0 Å². The van der Waals surface area contributed by atoms with Crippen LogP contribution in [-0.4, -0.2) is 7.11 Å². The van der Waals surface area contributed by atoms with Gasteiger partial charge in [-0.3, -0.25) is 0 Å². The van der Waals surface area contributed by atoms with Gasteiger partial charge in [0.1, 0.15) is 17.3 Å². The molecule has 0 radical (unpaired) electrons. The maximum absolute atomic E-state index is 6.16. The van der Waals surface area contributed by atoms with Crippen molar-refractivity contribution in [1.29, 1.82) is 0 Å². The van der Waals surface area contributed by atoms with Crippen LogP contribution in [0, 0.1) is 13.8 Å². The van der Waals surface area contributed by atoms with E-state index >= 15 is 0 Å². The van der Waals surface area contributed by atoms with E-state index in [1.165, 1.54) is 0 Å². The van der Waals surface area contributed by atoms with Crippen molar-refractivity contribution in [3.05, 3.63) is 53.0 Å². The van der Waals surface area contributed by atoms with E-state index in [9.17, 15) is 0 Å². The zero-order valence-electron chi connectivity index (χ0n) is 10.4. The standard InChI is InChI=1S/C14H17NO2/c1-9-8-11(5-7-12(9)16-3)14(15)13-6-4-10(2)17-13/h4-8,14H,15H2,1-3H3. The summed E-state index contributed by atoms with van der Waals surface area (Å²) in [5.74, 6) is 2.53. The van der Waals surface area contributed by atoms with Crippen LogP contribution in [0.4, 0.5) is 0 Å². The van der Waals surface area contributed by atoms with E-state index in [-0.39, 0.29) is 6.04 Å².